The molecule has 0 bridgehead atoms. The highest BCUT2D eigenvalue weighted by Crippen LogP contribution is 2.33. The van der Waals surface area contributed by atoms with Crippen LogP contribution < -0.4 is 10.6 Å². The van der Waals surface area contributed by atoms with Gasteiger partial charge < -0.3 is 10.6 Å². The lowest BCUT2D eigenvalue weighted by Crippen LogP contribution is -2.33. The van der Waals surface area contributed by atoms with Crippen molar-refractivity contribution in [2.45, 2.75) is 4.90 Å². The third-order valence-electron chi connectivity index (χ3n) is 5.05. The Kier molecular flexibility index (Phi) is 7.05. The molecule has 0 atom stereocenters. The fourth-order valence-corrected chi connectivity index (χ4v) is 4.92. The fraction of sp³-hybridized carbons (Fsp3) is 0.130. The van der Waals surface area contributed by atoms with Crippen LogP contribution in [-0.2, 0) is 14.8 Å². The van der Waals surface area contributed by atoms with Crippen molar-refractivity contribution in [1.29, 1.82) is 0 Å². The number of sulfonamides is 1. The topological polar surface area (TPSA) is 137 Å². The number of hydrogen-bond donors (Lipinski definition) is 3. The van der Waals surface area contributed by atoms with E-state index < -0.39 is 21.8 Å². The number of hydrogen-bond acceptors (Lipinski definition) is 7. The number of aromatic nitrogens is 3. The van der Waals surface area contributed by atoms with Crippen LogP contribution in [0.2, 0.25) is 0 Å². The van der Waals surface area contributed by atoms with Crippen LogP contribution in [0.4, 0.5) is 5.13 Å². The van der Waals surface area contributed by atoms with E-state index in [-0.39, 0.29) is 17.0 Å². The van der Waals surface area contributed by atoms with Gasteiger partial charge in [-0.2, -0.15) is 5.10 Å². The van der Waals surface area contributed by atoms with Crippen LogP contribution in [0.5, 0.6) is 0 Å². The summed E-state index contributed by atoms with van der Waals surface area (Å²) in [6.07, 6.45) is 3.52. The maximum Gasteiger partial charge on any atom is 0.251 e. The van der Waals surface area contributed by atoms with Crippen LogP contribution in [0.25, 0.3) is 22.4 Å². The zero-order chi connectivity index (χ0) is 25.0. The summed E-state index contributed by atoms with van der Waals surface area (Å²) in [6, 6.07) is 13.4. The largest absolute Gasteiger partial charge is 0.343 e. The molecule has 0 fully saturated rings. The van der Waals surface area contributed by atoms with Crippen molar-refractivity contribution < 1.29 is 18.0 Å². The molecule has 2 aromatic heterocycles. The number of anilines is 1. The molecule has 0 unspecified atom stereocenters. The Morgan fingerprint density at radius 2 is 1.86 bits per heavy atom. The second-order valence-electron chi connectivity index (χ2n) is 7.62. The summed E-state index contributed by atoms with van der Waals surface area (Å²) in [6.45, 7) is -0.302. The minimum Gasteiger partial charge on any atom is -0.343 e. The van der Waals surface area contributed by atoms with E-state index in [4.69, 9.17) is 0 Å². The lowest BCUT2D eigenvalue weighted by Gasteiger charge is -2.12. The van der Waals surface area contributed by atoms with Gasteiger partial charge in [0.05, 0.1) is 23.3 Å². The average Bonchev–Trinajstić information content (AvgIpc) is 3.55. The van der Waals surface area contributed by atoms with E-state index in [1.54, 1.807) is 12.4 Å². The third-order valence-corrected chi connectivity index (χ3v) is 7.62. The van der Waals surface area contributed by atoms with E-state index >= 15 is 0 Å². The number of amides is 2. The minimum atomic E-state index is -3.68. The van der Waals surface area contributed by atoms with Crippen LogP contribution >= 0.6 is 11.3 Å². The summed E-state index contributed by atoms with van der Waals surface area (Å²) in [4.78, 5) is 29.4. The Morgan fingerprint density at radius 1 is 1.09 bits per heavy atom. The smallest absolute Gasteiger partial charge is 0.251 e. The molecular weight excluding hydrogens is 488 g/mol. The summed E-state index contributed by atoms with van der Waals surface area (Å²) >= 11 is 1.27. The van der Waals surface area contributed by atoms with Crippen molar-refractivity contribution in [2.75, 3.05) is 26.0 Å². The molecule has 180 valence electrons. The molecule has 35 heavy (non-hydrogen) atoms. The van der Waals surface area contributed by atoms with Gasteiger partial charge in [-0.25, -0.2) is 17.7 Å². The summed E-state index contributed by atoms with van der Waals surface area (Å²) in [7, 11) is -0.863. The van der Waals surface area contributed by atoms with E-state index in [9.17, 15) is 18.0 Å². The standard InChI is InChI=1S/C23H22N6O4S2/c1-29(2)35(32,33)17-7-5-6-15(10-17)22(31)24-13-21(30)28-23-27-20(14-34-23)19-9-4-3-8-18(19)16-11-25-26-12-16/h3-12,14H,13H2,1-2H3,(H,24,31)(H,25,26)(H,27,28,30). The molecule has 3 N–H and O–H groups in total. The van der Waals surface area contributed by atoms with Crippen LogP contribution in [0, 0.1) is 0 Å². The van der Waals surface area contributed by atoms with Gasteiger partial charge in [-0.15, -0.1) is 11.3 Å². The van der Waals surface area contributed by atoms with Crippen LogP contribution in [0.15, 0.2) is 71.2 Å². The second-order valence-corrected chi connectivity index (χ2v) is 10.6. The maximum atomic E-state index is 12.5. The lowest BCUT2D eigenvalue weighted by atomic mass is 10.0. The number of H-pyrrole nitrogens is 1. The van der Waals surface area contributed by atoms with Gasteiger partial charge in [0.1, 0.15) is 0 Å². The first-order valence-electron chi connectivity index (χ1n) is 10.4. The lowest BCUT2D eigenvalue weighted by molar-refractivity contribution is -0.115. The average molecular weight is 511 g/mol. The maximum absolute atomic E-state index is 12.5. The first-order chi connectivity index (χ1) is 16.8. The zero-order valence-electron chi connectivity index (χ0n) is 18.8. The second kappa shape index (κ2) is 10.2. The van der Waals surface area contributed by atoms with Gasteiger partial charge in [0.15, 0.2) is 5.13 Å². The van der Waals surface area contributed by atoms with Crippen LogP contribution in [0.3, 0.4) is 0 Å². The van der Waals surface area contributed by atoms with Gasteiger partial charge >= 0.3 is 0 Å². The van der Waals surface area contributed by atoms with Crippen LogP contribution in [-0.4, -0.2) is 60.4 Å². The number of nitrogens with zero attached hydrogens (tertiary/aromatic N) is 3. The van der Waals surface area contributed by atoms with E-state index in [0.717, 1.165) is 21.0 Å². The molecule has 10 nitrogen and oxygen atoms in total. The fourth-order valence-electron chi connectivity index (χ4n) is 3.25. The van der Waals surface area contributed by atoms with Gasteiger partial charge in [0.2, 0.25) is 15.9 Å². The van der Waals surface area contributed by atoms with Crippen molar-refractivity contribution in [3.8, 4) is 22.4 Å². The van der Waals surface area contributed by atoms with E-state index in [2.05, 4.69) is 25.8 Å². The van der Waals surface area contributed by atoms with Gasteiger partial charge in [-0.1, -0.05) is 30.3 Å². The van der Waals surface area contributed by atoms with Crippen molar-refractivity contribution in [1.82, 2.24) is 24.8 Å². The zero-order valence-corrected chi connectivity index (χ0v) is 20.5. The molecule has 2 amide bonds. The highest BCUT2D eigenvalue weighted by atomic mass is 32.2. The molecule has 2 heterocycles. The SMILES string of the molecule is CN(C)S(=O)(=O)c1cccc(C(=O)NCC(=O)Nc2nc(-c3ccccc3-c3cn[nH]c3)cs2)c1. The van der Waals surface area contributed by atoms with Crippen molar-refractivity contribution in [3.05, 3.63) is 71.9 Å². The van der Waals surface area contributed by atoms with Gasteiger partial charge in [0.25, 0.3) is 5.91 Å². The van der Waals surface area contributed by atoms with Gasteiger partial charge in [-0.05, 0) is 23.8 Å². The molecule has 0 radical (unpaired) electrons. The molecule has 0 spiro atoms. The van der Waals surface area contributed by atoms with E-state index in [1.807, 2.05) is 29.6 Å². The van der Waals surface area contributed by atoms with Gasteiger partial charge in [-0.3, -0.25) is 14.7 Å². The number of carbonyl (C=O) groups is 2. The predicted octanol–water partition coefficient (Wildman–Crippen LogP) is 2.82. The number of benzene rings is 2. The first kappa shape index (κ1) is 24.3. The first-order valence-corrected chi connectivity index (χ1v) is 12.7. The molecule has 0 saturated heterocycles. The number of rotatable bonds is 8. The molecule has 0 aliphatic carbocycles. The predicted molar refractivity (Wildman–Crippen MR) is 133 cm³/mol. The Labute approximate surface area is 206 Å². The molecular formula is C23H22N6O4S2. The molecule has 0 aliphatic heterocycles. The number of carbonyl (C=O) groups excluding carboxylic acids is 2. The Balaban J connectivity index is 1.39. The number of nitrogens with one attached hydrogen (secondary N) is 3. The van der Waals surface area contributed by atoms with E-state index in [0.29, 0.717) is 10.8 Å². The highest BCUT2D eigenvalue weighted by molar-refractivity contribution is 7.89. The normalized spacial score (nSPS) is 11.4. The summed E-state index contributed by atoms with van der Waals surface area (Å²) in [5, 5.41) is 14.2. The van der Waals surface area contributed by atoms with Gasteiger partial charge in [0, 0.05) is 42.4 Å². The molecule has 4 rings (SSSR count). The van der Waals surface area contributed by atoms with Crippen molar-refractivity contribution >= 4 is 38.3 Å². The molecule has 2 aromatic carbocycles. The third kappa shape index (κ3) is 5.45. The Hall–Kier alpha value is -3.87. The molecule has 4 aromatic rings. The van der Waals surface area contributed by atoms with Crippen molar-refractivity contribution in [3.63, 3.8) is 0 Å². The summed E-state index contributed by atoms with van der Waals surface area (Å²) in [5.74, 6) is -1.02. The quantitative estimate of drug-likeness (QED) is 0.333. The molecule has 0 saturated carbocycles. The minimum absolute atomic E-state index is 0.00869. The summed E-state index contributed by atoms with van der Waals surface area (Å²) < 4.78 is 25.6. The summed E-state index contributed by atoms with van der Waals surface area (Å²) in [5.41, 5.74) is 3.60. The Bertz CT molecular complexity index is 1460. The molecule has 0 aliphatic rings. The highest BCUT2D eigenvalue weighted by Gasteiger charge is 2.19. The molecule has 12 heteroatoms. The van der Waals surface area contributed by atoms with Crippen molar-refractivity contribution in [2.24, 2.45) is 0 Å². The number of thiazole rings is 1. The monoisotopic (exact) mass is 510 g/mol. The number of aromatic amines is 1. The Morgan fingerprint density at radius 3 is 2.57 bits per heavy atom. The van der Waals surface area contributed by atoms with Crippen LogP contribution in [0.1, 0.15) is 10.4 Å². The van der Waals surface area contributed by atoms with E-state index in [1.165, 1.54) is 49.7 Å².